The molecule has 1 aromatic carbocycles. The van der Waals surface area contributed by atoms with Crippen LogP contribution in [0.1, 0.15) is 30.7 Å². The van der Waals surface area contributed by atoms with Crippen molar-refractivity contribution < 1.29 is 22.6 Å². The van der Waals surface area contributed by atoms with Crippen LogP contribution >= 0.6 is 0 Å². The molecule has 0 aliphatic carbocycles. The molecule has 0 amide bonds. The molecule has 1 aliphatic heterocycles. The van der Waals surface area contributed by atoms with E-state index in [0.717, 1.165) is 35.1 Å². The number of aliphatic imine (C=N–C) groups is 1. The van der Waals surface area contributed by atoms with Crippen molar-refractivity contribution in [3.8, 4) is 17.1 Å². The van der Waals surface area contributed by atoms with E-state index >= 15 is 0 Å². The Morgan fingerprint density at radius 1 is 1.11 bits per heavy atom. The summed E-state index contributed by atoms with van der Waals surface area (Å²) in [7, 11) is 0. The molecule has 4 rings (SSSR count). The normalized spacial score (nSPS) is 14.9. The quantitative estimate of drug-likeness (QED) is 0.392. The average Bonchev–Trinajstić information content (AvgIpc) is 2.85. The van der Waals surface area contributed by atoms with Crippen molar-refractivity contribution in [3.05, 3.63) is 59.4 Å². The lowest BCUT2D eigenvalue weighted by atomic mass is 10.0. The predicted octanol–water partition coefficient (Wildman–Crippen LogP) is 4.53. The molecule has 0 radical (unpaired) electrons. The summed E-state index contributed by atoms with van der Waals surface area (Å²) < 4.78 is 50.6. The van der Waals surface area contributed by atoms with Gasteiger partial charge < -0.3 is 20.1 Å². The standard InChI is InChI=1S/C25H27F3N6O2/c1-15(2)36-24-22(34-8-10-35-11-9-34)14-20(32-33-24)19-13-18(5-4-16(19)3)31-23(29)21-12-17(6-7-30-21)25(26,27)28/h4-7,12-15H,8-11H2,1-3H3,(H2,29,31). The van der Waals surface area contributed by atoms with E-state index in [4.69, 9.17) is 15.2 Å². The van der Waals surface area contributed by atoms with Crippen LogP contribution in [0.3, 0.4) is 0 Å². The van der Waals surface area contributed by atoms with E-state index in [9.17, 15) is 13.2 Å². The van der Waals surface area contributed by atoms with Gasteiger partial charge in [-0.3, -0.25) is 4.98 Å². The molecule has 8 nitrogen and oxygen atoms in total. The summed E-state index contributed by atoms with van der Waals surface area (Å²) in [6.07, 6.45) is -3.51. The number of benzene rings is 1. The fourth-order valence-electron chi connectivity index (χ4n) is 3.74. The number of halogens is 3. The van der Waals surface area contributed by atoms with Gasteiger partial charge in [0.1, 0.15) is 17.2 Å². The number of pyridine rings is 1. The summed E-state index contributed by atoms with van der Waals surface area (Å²) in [5, 5.41) is 8.74. The van der Waals surface area contributed by atoms with Gasteiger partial charge in [-0.2, -0.15) is 13.2 Å². The average molecular weight is 501 g/mol. The first-order valence-corrected chi connectivity index (χ1v) is 11.5. The maximum atomic E-state index is 13.1. The van der Waals surface area contributed by atoms with Gasteiger partial charge in [-0.15, -0.1) is 10.2 Å². The summed E-state index contributed by atoms with van der Waals surface area (Å²) in [6.45, 7) is 8.37. The number of nitrogens with two attached hydrogens (primary N) is 1. The van der Waals surface area contributed by atoms with E-state index < -0.39 is 11.7 Å². The van der Waals surface area contributed by atoms with Crippen molar-refractivity contribution in [1.29, 1.82) is 0 Å². The van der Waals surface area contributed by atoms with E-state index in [1.807, 2.05) is 32.9 Å². The number of rotatable bonds is 6. The Bertz CT molecular complexity index is 1260. The lowest BCUT2D eigenvalue weighted by Gasteiger charge is -2.30. The number of hydrogen-bond donors (Lipinski definition) is 1. The predicted molar refractivity (Wildman–Crippen MR) is 131 cm³/mol. The molecule has 0 atom stereocenters. The van der Waals surface area contributed by atoms with Gasteiger partial charge in [0.05, 0.1) is 36.3 Å². The van der Waals surface area contributed by atoms with Crippen molar-refractivity contribution in [2.24, 2.45) is 10.7 Å². The third kappa shape index (κ3) is 5.91. The molecule has 0 spiro atoms. The SMILES string of the molecule is Cc1ccc(N=C(N)c2cc(C(F)(F)F)ccn2)cc1-c1cc(N2CCOCC2)c(OC(C)C)nn1. The number of hydrogen-bond acceptors (Lipinski definition) is 7. The Kier molecular flexibility index (Phi) is 7.39. The summed E-state index contributed by atoms with van der Waals surface area (Å²) in [6, 6.07) is 9.02. The minimum Gasteiger partial charge on any atom is -0.472 e. The zero-order chi connectivity index (χ0) is 25.9. The van der Waals surface area contributed by atoms with Gasteiger partial charge >= 0.3 is 6.18 Å². The van der Waals surface area contributed by atoms with Crippen LogP contribution in [0.25, 0.3) is 11.3 Å². The largest absolute Gasteiger partial charge is 0.472 e. The number of alkyl halides is 3. The first-order chi connectivity index (χ1) is 17.1. The van der Waals surface area contributed by atoms with Gasteiger partial charge in [0.2, 0.25) is 0 Å². The number of aryl methyl sites for hydroxylation is 1. The van der Waals surface area contributed by atoms with Crippen LogP contribution in [0, 0.1) is 6.92 Å². The minimum atomic E-state index is -4.50. The molecule has 2 N–H and O–H groups in total. The van der Waals surface area contributed by atoms with Crippen LogP contribution in [0.4, 0.5) is 24.5 Å². The molecular weight excluding hydrogens is 473 g/mol. The summed E-state index contributed by atoms with van der Waals surface area (Å²) >= 11 is 0. The number of anilines is 1. The number of nitrogens with zero attached hydrogens (tertiary/aromatic N) is 5. The molecule has 0 unspecified atom stereocenters. The summed E-state index contributed by atoms with van der Waals surface area (Å²) in [5.74, 6) is 0.319. The molecule has 1 saturated heterocycles. The monoisotopic (exact) mass is 500 g/mol. The number of aromatic nitrogens is 3. The van der Waals surface area contributed by atoms with E-state index in [0.29, 0.717) is 43.6 Å². The van der Waals surface area contributed by atoms with Crippen molar-refractivity contribution >= 4 is 17.2 Å². The zero-order valence-corrected chi connectivity index (χ0v) is 20.2. The van der Waals surface area contributed by atoms with Crippen LogP contribution in [0.15, 0.2) is 47.6 Å². The number of amidine groups is 1. The highest BCUT2D eigenvalue weighted by molar-refractivity contribution is 5.97. The highest BCUT2D eigenvalue weighted by Crippen LogP contribution is 2.34. The van der Waals surface area contributed by atoms with Gasteiger partial charge in [0.15, 0.2) is 0 Å². The minimum absolute atomic E-state index is 0.0588. The Balaban J connectivity index is 1.70. The molecule has 11 heteroatoms. The van der Waals surface area contributed by atoms with E-state index in [-0.39, 0.29) is 17.6 Å². The first-order valence-electron chi connectivity index (χ1n) is 11.5. The van der Waals surface area contributed by atoms with Crippen molar-refractivity contribution in [2.75, 3.05) is 31.2 Å². The van der Waals surface area contributed by atoms with Crippen LogP contribution < -0.4 is 15.4 Å². The van der Waals surface area contributed by atoms with Gasteiger partial charge in [-0.1, -0.05) is 6.07 Å². The Labute approximate surface area is 207 Å². The van der Waals surface area contributed by atoms with Crippen LogP contribution in [-0.4, -0.2) is 53.4 Å². The second-order valence-corrected chi connectivity index (χ2v) is 8.61. The van der Waals surface area contributed by atoms with Gasteiger partial charge in [0, 0.05) is 24.8 Å². The molecule has 0 saturated carbocycles. The molecule has 3 aromatic rings. The fraction of sp³-hybridized carbons (Fsp3) is 0.360. The summed E-state index contributed by atoms with van der Waals surface area (Å²) in [5.41, 5.74) is 8.67. The van der Waals surface area contributed by atoms with Gasteiger partial charge in [0.25, 0.3) is 5.88 Å². The van der Waals surface area contributed by atoms with Crippen LogP contribution in [-0.2, 0) is 10.9 Å². The van der Waals surface area contributed by atoms with E-state index in [1.54, 1.807) is 12.1 Å². The van der Waals surface area contributed by atoms with Crippen LogP contribution in [0.2, 0.25) is 0 Å². The van der Waals surface area contributed by atoms with Crippen LogP contribution in [0.5, 0.6) is 5.88 Å². The lowest BCUT2D eigenvalue weighted by Crippen LogP contribution is -2.36. The maximum absolute atomic E-state index is 13.1. The van der Waals surface area contributed by atoms with E-state index in [1.165, 1.54) is 0 Å². The fourth-order valence-corrected chi connectivity index (χ4v) is 3.74. The van der Waals surface area contributed by atoms with Gasteiger partial charge in [-0.05, 0) is 56.7 Å². The second-order valence-electron chi connectivity index (χ2n) is 8.61. The second kappa shape index (κ2) is 10.5. The third-order valence-corrected chi connectivity index (χ3v) is 5.54. The Morgan fingerprint density at radius 3 is 2.56 bits per heavy atom. The third-order valence-electron chi connectivity index (χ3n) is 5.54. The topological polar surface area (TPSA) is 98.8 Å². The smallest absolute Gasteiger partial charge is 0.416 e. The van der Waals surface area contributed by atoms with E-state index in [2.05, 4.69) is 25.1 Å². The number of morpholine rings is 1. The molecular formula is C25H27F3N6O2. The molecule has 2 aromatic heterocycles. The molecule has 190 valence electrons. The Hall–Kier alpha value is -3.73. The highest BCUT2D eigenvalue weighted by Gasteiger charge is 2.31. The molecule has 0 bridgehead atoms. The first kappa shape index (κ1) is 25.4. The molecule has 3 heterocycles. The lowest BCUT2D eigenvalue weighted by molar-refractivity contribution is -0.137. The maximum Gasteiger partial charge on any atom is 0.416 e. The Morgan fingerprint density at radius 2 is 1.86 bits per heavy atom. The van der Waals surface area contributed by atoms with Gasteiger partial charge in [-0.25, -0.2) is 4.99 Å². The van der Waals surface area contributed by atoms with Crippen molar-refractivity contribution in [2.45, 2.75) is 33.1 Å². The molecule has 36 heavy (non-hydrogen) atoms. The number of ether oxygens (including phenoxy) is 2. The molecule has 1 fully saturated rings. The molecule has 1 aliphatic rings. The summed E-state index contributed by atoms with van der Waals surface area (Å²) in [4.78, 5) is 10.4. The van der Waals surface area contributed by atoms with Crippen molar-refractivity contribution in [1.82, 2.24) is 15.2 Å². The van der Waals surface area contributed by atoms with Crippen molar-refractivity contribution in [3.63, 3.8) is 0 Å². The zero-order valence-electron chi connectivity index (χ0n) is 20.2. The highest BCUT2D eigenvalue weighted by atomic mass is 19.4.